The molecule has 1 aromatic heterocycles. The van der Waals surface area contributed by atoms with Crippen molar-refractivity contribution >= 4 is 55.8 Å². The van der Waals surface area contributed by atoms with Gasteiger partial charge in [0, 0.05) is 28.1 Å². The molecule has 1 heterocycles. The van der Waals surface area contributed by atoms with Crippen LogP contribution >= 0.6 is 11.3 Å². The Hall–Kier alpha value is -4.85. The van der Waals surface area contributed by atoms with Crippen LogP contribution in [0.5, 0.6) is 0 Å². The van der Waals surface area contributed by atoms with E-state index in [-0.39, 0.29) is 28.4 Å². The first kappa shape index (κ1) is 36.0. The number of aliphatic carboxylic acids is 1. The molecule has 11 nitrogen and oxygen atoms in total. The molecule has 13 heteroatoms. The summed E-state index contributed by atoms with van der Waals surface area (Å²) >= 11 is 1.37. The first-order chi connectivity index (χ1) is 24.4. The molecule has 3 aromatic carbocycles. The van der Waals surface area contributed by atoms with Crippen molar-refractivity contribution in [2.24, 2.45) is 0 Å². The average molecular weight is 730 g/mol. The minimum atomic E-state index is -3.98. The highest BCUT2D eigenvalue weighted by Crippen LogP contribution is 2.42. The number of amides is 2. The van der Waals surface area contributed by atoms with E-state index >= 15 is 0 Å². The lowest BCUT2D eigenvalue weighted by molar-refractivity contribution is -0.137. The van der Waals surface area contributed by atoms with Gasteiger partial charge in [-0.1, -0.05) is 30.3 Å². The van der Waals surface area contributed by atoms with Crippen LogP contribution in [0.25, 0.3) is 0 Å². The van der Waals surface area contributed by atoms with E-state index in [2.05, 4.69) is 15.4 Å². The number of nitrogens with one attached hydrogen (secondary N) is 3. The van der Waals surface area contributed by atoms with Crippen LogP contribution in [0.1, 0.15) is 97.6 Å². The van der Waals surface area contributed by atoms with Crippen molar-refractivity contribution in [2.75, 3.05) is 10.6 Å². The van der Waals surface area contributed by atoms with Gasteiger partial charge < -0.3 is 20.8 Å². The van der Waals surface area contributed by atoms with Crippen molar-refractivity contribution in [3.8, 4) is 0 Å². The van der Waals surface area contributed by atoms with E-state index in [1.807, 2.05) is 36.4 Å². The molecule has 6 rings (SSSR count). The Labute approximate surface area is 300 Å². The van der Waals surface area contributed by atoms with Gasteiger partial charge in [0.15, 0.2) is 0 Å². The number of benzene rings is 3. The number of hydrogen-bond acceptors (Lipinski definition) is 7. The number of anilines is 2. The number of carboxylic acids is 2. The lowest BCUT2D eigenvalue weighted by atomic mass is 9.95. The minimum absolute atomic E-state index is 0.0345. The van der Waals surface area contributed by atoms with Crippen LogP contribution in [-0.2, 0) is 40.5 Å². The van der Waals surface area contributed by atoms with Gasteiger partial charge in [-0.05, 0) is 123 Å². The number of carboxylic acid groups (broad SMARTS) is 2. The average Bonchev–Trinajstić information content (AvgIpc) is 3.76. The van der Waals surface area contributed by atoms with Crippen LogP contribution in [0.3, 0.4) is 0 Å². The van der Waals surface area contributed by atoms with Gasteiger partial charge in [-0.25, -0.2) is 17.9 Å². The molecule has 0 aliphatic heterocycles. The summed E-state index contributed by atoms with van der Waals surface area (Å²) in [6, 6.07) is 20.1. The first-order valence-electron chi connectivity index (χ1n) is 17.0. The van der Waals surface area contributed by atoms with E-state index in [1.54, 1.807) is 12.1 Å². The molecule has 2 aliphatic carbocycles. The Morgan fingerprint density at radius 2 is 1.45 bits per heavy atom. The number of thiophene rings is 1. The number of aromatic carboxylic acids is 1. The van der Waals surface area contributed by atoms with Crippen LogP contribution in [0.2, 0.25) is 0 Å². The summed E-state index contributed by atoms with van der Waals surface area (Å²) in [5.41, 5.74) is 3.72. The van der Waals surface area contributed by atoms with E-state index in [9.17, 15) is 27.6 Å². The Bertz CT molecular complexity index is 2070. The quantitative estimate of drug-likeness (QED) is 0.0899. The van der Waals surface area contributed by atoms with Gasteiger partial charge in [-0.2, -0.15) is 0 Å². The molecule has 2 amide bonds. The number of rotatable bonds is 15. The molecule has 266 valence electrons. The predicted molar refractivity (Wildman–Crippen MR) is 194 cm³/mol. The summed E-state index contributed by atoms with van der Waals surface area (Å²) < 4.78 is 29.3. The second-order valence-electron chi connectivity index (χ2n) is 13.2. The van der Waals surface area contributed by atoms with Crippen LogP contribution in [-0.4, -0.2) is 47.9 Å². The topological polar surface area (TPSA) is 179 Å². The molecule has 4 aromatic rings. The fraction of sp³-hybridized carbons (Fsp3) is 0.316. The molecular formula is C38H39N3O8S2. The van der Waals surface area contributed by atoms with E-state index in [0.29, 0.717) is 48.4 Å². The van der Waals surface area contributed by atoms with E-state index < -0.39 is 33.4 Å². The van der Waals surface area contributed by atoms with Crippen LogP contribution in [0.15, 0.2) is 77.7 Å². The molecular weight excluding hydrogens is 691 g/mol. The predicted octanol–water partition coefficient (Wildman–Crippen LogP) is 6.68. The number of carbonyl (C=O) groups is 4. The normalized spacial score (nSPS) is 14.7. The molecule has 0 saturated heterocycles. The summed E-state index contributed by atoms with van der Waals surface area (Å²) in [6.45, 7) is 0. The zero-order valence-electron chi connectivity index (χ0n) is 27.9. The molecule has 2 aliphatic rings. The molecule has 5 N–H and O–H groups in total. The standard InChI is InChI=1S/C38H39N3O8S2/c42-32(43)9-4-20-38(21-22-38)41-51(48,49)29-6-3-5-27(23-29)34(44)40-36-33(30-7-1-2-8-31(30)50-36)35(45)39-28-18-14-25(15-19-28)11-10-24-12-16-26(17-13-24)37(46)47/h3,5-6,12-19,23,41H,1-2,4,7-11,20-22H2,(H,39,45)(H,40,44)(H,42,43)(H,46,47). The third kappa shape index (κ3) is 8.91. The summed E-state index contributed by atoms with van der Waals surface area (Å²) in [5, 5.41) is 24.4. The molecule has 0 spiro atoms. The molecule has 0 unspecified atom stereocenters. The Kier molecular flexibility index (Phi) is 10.7. The van der Waals surface area contributed by atoms with Crippen molar-refractivity contribution in [3.05, 3.63) is 111 Å². The Balaban J connectivity index is 1.13. The largest absolute Gasteiger partial charge is 0.481 e. The lowest BCUT2D eigenvalue weighted by Gasteiger charge is -2.17. The van der Waals surface area contributed by atoms with Gasteiger partial charge >= 0.3 is 11.9 Å². The summed E-state index contributed by atoms with van der Waals surface area (Å²) in [6.07, 6.45) is 6.89. The molecule has 51 heavy (non-hydrogen) atoms. The second-order valence-corrected chi connectivity index (χ2v) is 16.0. The maximum atomic E-state index is 13.8. The highest BCUT2D eigenvalue weighted by molar-refractivity contribution is 7.89. The zero-order valence-corrected chi connectivity index (χ0v) is 29.5. The summed E-state index contributed by atoms with van der Waals surface area (Å²) in [7, 11) is -3.98. The fourth-order valence-electron chi connectivity index (χ4n) is 6.40. The number of hydrogen-bond donors (Lipinski definition) is 5. The maximum Gasteiger partial charge on any atom is 0.335 e. The number of aryl methyl sites for hydroxylation is 3. The third-order valence-corrected chi connectivity index (χ3v) is 12.2. The smallest absolute Gasteiger partial charge is 0.335 e. The van der Waals surface area contributed by atoms with E-state index in [0.717, 1.165) is 53.7 Å². The first-order valence-corrected chi connectivity index (χ1v) is 19.3. The SMILES string of the molecule is O=C(O)CCCC1(NS(=O)(=O)c2cccc(C(=O)Nc3sc4c(c3C(=O)Nc3ccc(CCc5ccc(C(=O)O)cc5)cc3)CCCC4)c2)CC1. The maximum absolute atomic E-state index is 13.8. The molecule has 1 saturated carbocycles. The third-order valence-electron chi connectivity index (χ3n) is 9.40. The van der Waals surface area contributed by atoms with Crippen molar-refractivity contribution in [1.29, 1.82) is 0 Å². The molecule has 0 bridgehead atoms. The van der Waals surface area contributed by atoms with Crippen LogP contribution in [0.4, 0.5) is 10.7 Å². The van der Waals surface area contributed by atoms with Crippen LogP contribution in [0, 0.1) is 0 Å². The summed E-state index contributed by atoms with van der Waals surface area (Å²) in [4.78, 5) is 50.3. The number of sulfonamides is 1. The fourth-order valence-corrected chi connectivity index (χ4v) is 9.22. The van der Waals surface area contributed by atoms with Crippen molar-refractivity contribution in [3.63, 3.8) is 0 Å². The second kappa shape index (κ2) is 15.2. The lowest BCUT2D eigenvalue weighted by Crippen LogP contribution is -2.37. The van der Waals surface area contributed by atoms with Gasteiger partial charge in [-0.15, -0.1) is 11.3 Å². The molecule has 1 fully saturated rings. The monoisotopic (exact) mass is 729 g/mol. The molecule has 0 radical (unpaired) electrons. The van der Waals surface area contributed by atoms with Gasteiger partial charge in [0.1, 0.15) is 5.00 Å². The highest BCUT2D eigenvalue weighted by Gasteiger charge is 2.45. The van der Waals surface area contributed by atoms with Gasteiger partial charge in [-0.3, -0.25) is 14.4 Å². The number of fused-ring (bicyclic) bond motifs is 1. The van der Waals surface area contributed by atoms with E-state index in [4.69, 9.17) is 10.2 Å². The highest BCUT2D eigenvalue weighted by atomic mass is 32.2. The zero-order chi connectivity index (χ0) is 36.2. The summed E-state index contributed by atoms with van der Waals surface area (Å²) in [5.74, 6) is -2.76. The van der Waals surface area contributed by atoms with Crippen molar-refractivity contribution in [2.45, 2.75) is 81.1 Å². The minimum Gasteiger partial charge on any atom is -0.481 e. The van der Waals surface area contributed by atoms with Gasteiger partial charge in [0.2, 0.25) is 10.0 Å². The Morgan fingerprint density at radius 1 is 0.784 bits per heavy atom. The van der Waals surface area contributed by atoms with Crippen molar-refractivity contribution < 1.29 is 37.8 Å². The van der Waals surface area contributed by atoms with Crippen molar-refractivity contribution in [1.82, 2.24) is 4.72 Å². The molecule has 0 atom stereocenters. The number of carbonyl (C=O) groups excluding carboxylic acids is 2. The van der Waals surface area contributed by atoms with E-state index in [1.165, 1.54) is 35.6 Å². The van der Waals surface area contributed by atoms with Gasteiger partial charge in [0.25, 0.3) is 11.8 Å². The van der Waals surface area contributed by atoms with Crippen LogP contribution < -0.4 is 15.4 Å². The van der Waals surface area contributed by atoms with Gasteiger partial charge in [0.05, 0.1) is 16.0 Å². The Morgan fingerprint density at radius 3 is 2.10 bits per heavy atom.